The van der Waals surface area contributed by atoms with E-state index in [4.69, 9.17) is 0 Å². The minimum absolute atomic E-state index is 1.13. The zero-order valence-electron chi connectivity index (χ0n) is 6.31. The summed E-state index contributed by atoms with van der Waals surface area (Å²) in [5.41, 5.74) is 2.26. The molecular formula is C8H12N2. The van der Waals surface area contributed by atoms with Gasteiger partial charge in [-0.1, -0.05) is 12.1 Å². The first-order valence-electron chi connectivity index (χ1n) is 3.33. The average Bonchev–Trinajstić information content (AvgIpc) is 2.04. The zero-order valence-corrected chi connectivity index (χ0v) is 6.31. The Balaban J connectivity index is 2.96. The van der Waals surface area contributed by atoms with Gasteiger partial charge < -0.3 is 10.6 Å². The number of anilines is 2. The van der Waals surface area contributed by atoms with E-state index < -0.39 is 0 Å². The van der Waals surface area contributed by atoms with Gasteiger partial charge in [0.25, 0.3) is 0 Å². The molecular weight excluding hydrogens is 124 g/mol. The molecule has 0 unspecified atom stereocenters. The van der Waals surface area contributed by atoms with E-state index >= 15 is 0 Å². The van der Waals surface area contributed by atoms with Crippen LogP contribution < -0.4 is 10.6 Å². The van der Waals surface area contributed by atoms with Gasteiger partial charge in [0.05, 0.1) is 11.4 Å². The lowest BCUT2D eigenvalue weighted by Crippen LogP contribution is -1.95. The molecule has 0 atom stereocenters. The highest BCUT2D eigenvalue weighted by Gasteiger charge is 1.92. The lowest BCUT2D eigenvalue weighted by atomic mass is 10.3. The molecule has 10 heavy (non-hydrogen) atoms. The lowest BCUT2D eigenvalue weighted by Gasteiger charge is -2.06. The third kappa shape index (κ3) is 1.21. The number of rotatable bonds is 2. The molecule has 0 aliphatic rings. The van der Waals surface area contributed by atoms with Gasteiger partial charge in [-0.05, 0) is 12.1 Å². The van der Waals surface area contributed by atoms with Crippen molar-refractivity contribution in [1.29, 1.82) is 0 Å². The van der Waals surface area contributed by atoms with Crippen LogP contribution in [0.4, 0.5) is 11.4 Å². The molecule has 2 heteroatoms. The molecule has 2 N–H and O–H groups in total. The highest BCUT2D eigenvalue weighted by molar-refractivity contribution is 5.67. The molecule has 1 aromatic carbocycles. The molecule has 0 amide bonds. The summed E-state index contributed by atoms with van der Waals surface area (Å²) in [7, 11) is 3.83. The van der Waals surface area contributed by atoms with Gasteiger partial charge in [0.2, 0.25) is 0 Å². The van der Waals surface area contributed by atoms with Gasteiger partial charge in [-0.2, -0.15) is 0 Å². The predicted octanol–water partition coefficient (Wildman–Crippen LogP) is 1.77. The van der Waals surface area contributed by atoms with E-state index in [-0.39, 0.29) is 0 Å². The predicted molar refractivity (Wildman–Crippen MR) is 45.5 cm³/mol. The summed E-state index contributed by atoms with van der Waals surface area (Å²) in [5.74, 6) is 0. The van der Waals surface area contributed by atoms with Crippen molar-refractivity contribution in [3.05, 3.63) is 24.3 Å². The maximum Gasteiger partial charge on any atom is 0.0573 e. The Morgan fingerprint density at radius 1 is 0.900 bits per heavy atom. The summed E-state index contributed by atoms with van der Waals surface area (Å²) in [4.78, 5) is 0. The Bertz CT molecular complexity index is 185. The first-order chi connectivity index (χ1) is 4.88. The second-order valence-electron chi connectivity index (χ2n) is 2.05. The minimum atomic E-state index is 1.13. The van der Waals surface area contributed by atoms with Crippen LogP contribution in [0, 0.1) is 0 Å². The number of hydrogen-bond acceptors (Lipinski definition) is 2. The van der Waals surface area contributed by atoms with Crippen LogP contribution in [0.5, 0.6) is 0 Å². The van der Waals surface area contributed by atoms with Crippen LogP contribution in [0.15, 0.2) is 24.3 Å². The summed E-state index contributed by atoms with van der Waals surface area (Å²) in [5, 5.41) is 6.17. The van der Waals surface area contributed by atoms with Gasteiger partial charge in [-0.15, -0.1) is 0 Å². The van der Waals surface area contributed by atoms with Gasteiger partial charge in [-0.3, -0.25) is 0 Å². The second kappa shape index (κ2) is 3.11. The summed E-state index contributed by atoms with van der Waals surface area (Å²) in [6, 6.07) is 8.08. The van der Waals surface area contributed by atoms with Crippen molar-refractivity contribution in [3.63, 3.8) is 0 Å². The smallest absolute Gasteiger partial charge is 0.0573 e. The van der Waals surface area contributed by atoms with E-state index in [1.165, 1.54) is 0 Å². The van der Waals surface area contributed by atoms with E-state index in [0.717, 1.165) is 11.4 Å². The van der Waals surface area contributed by atoms with Crippen molar-refractivity contribution in [2.75, 3.05) is 24.7 Å². The van der Waals surface area contributed by atoms with E-state index in [0.29, 0.717) is 0 Å². The maximum atomic E-state index is 3.08. The van der Waals surface area contributed by atoms with Crippen molar-refractivity contribution in [2.45, 2.75) is 0 Å². The van der Waals surface area contributed by atoms with E-state index in [1.54, 1.807) is 0 Å². The van der Waals surface area contributed by atoms with Crippen molar-refractivity contribution in [3.8, 4) is 0 Å². The van der Waals surface area contributed by atoms with Crippen molar-refractivity contribution in [2.24, 2.45) is 0 Å². The average molecular weight is 136 g/mol. The van der Waals surface area contributed by atoms with Crippen molar-refractivity contribution in [1.82, 2.24) is 0 Å². The zero-order chi connectivity index (χ0) is 7.40. The molecule has 54 valence electrons. The topological polar surface area (TPSA) is 24.1 Å². The van der Waals surface area contributed by atoms with Crippen LogP contribution in [0.25, 0.3) is 0 Å². The summed E-state index contributed by atoms with van der Waals surface area (Å²) in [6.45, 7) is 0. The minimum Gasteiger partial charge on any atom is -0.386 e. The Morgan fingerprint density at radius 2 is 1.30 bits per heavy atom. The molecule has 0 radical (unpaired) electrons. The van der Waals surface area contributed by atoms with Crippen molar-refractivity contribution >= 4 is 11.4 Å². The van der Waals surface area contributed by atoms with Crippen LogP contribution in [0.1, 0.15) is 0 Å². The van der Waals surface area contributed by atoms with E-state index in [9.17, 15) is 0 Å². The fraction of sp³-hybridized carbons (Fsp3) is 0.250. The third-order valence-electron chi connectivity index (χ3n) is 1.47. The van der Waals surface area contributed by atoms with Crippen LogP contribution in [-0.4, -0.2) is 14.1 Å². The van der Waals surface area contributed by atoms with Gasteiger partial charge in [0.1, 0.15) is 0 Å². The van der Waals surface area contributed by atoms with Crippen LogP contribution in [0.2, 0.25) is 0 Å². The molecule has 0 aliphatic heterocycles. The number of para-hydroxylation sites is 2. The second-order valence-corrected chi connectivity index (χ2v) is 2.05. The summed E-state index contributed by atoms with van der Waals surface area (Å²) >= 11 is 0. The number of hydrogen-bond donors (Lipinski definition) is 2. The molecule has 2 nitrogen and oxygen atoms in total. The fourth-order valence-electron chi connectivity index (χ4n) is 0.919. The SMILES string of the molecule is CNc1ccccc1NC. The Labute approximate surface area is 61.3 Å². The molecule has 0 bridgehead atoms. The lowest BCUT2D eigenvalue weighted by molar-refractivity contribution is 1.45. The normalized spacial score (nSPS) is 9.00. The highest BCUT2D eigenvalue weighted by atomic mass is 14.9. The first-order valence-corrected chi connectivity index (χ1v) is 3.33. The molecule has 1 rings (SSSR count). The summed E-state index contributed by atoms with van der Waals surface area (Å²) < 4.78 is 0. The summed E-state index contributed by atoms with van der Waals surface area (Å²) in [6.07, 6.45) is 0. The van der Waals surface area contributed by atoms with Crippen LogP contribution >= 0.6 is 0 Å². The van der Waals surface area contributed by atoms with E-state index in [2.05, 4.69) is 10.6 Å². The molecule has 0 heterocycles. The maximum absolute atomic E-state index is 3.08. The number of benzene rings is 1. The highest BCUT2D eigenvalue weighted by Crippen LogP contribution is 2.18. The Morgan fingerprint density at radius 3 is 1.60 bits per heavy atom. The number of nitrogens with one attached hydrogen (secondary N) is 2. The van der Waals surface area contributed by atoms with Gasteiger partial charge in [0, 0.05) is 14.1 Å². The molecule has 0 spiro atoms. The molecule has 0 saturated heterocycles. The fourth-order valence-corrected chi connectivity index (χ4v) is 0.919. The monoisotopic (exact) mass is 136 g/mol. The molecule has 0 saturated carbocycles. The van der Waals surface area contributed by atoms with Gasteiger partial charge >= 0.3 is 0 Å². The van der Waals surface area contributed by atoms with Gasteiger partial charge in [0.15, 0.2) is 0 Å². The van der Waals surface area contributed by atoms with E-state index in [1.807, 2.05) is 38.4 Å². The Hall–Kier alpha value is -1.18. The third-order valence-corrected chi connectivity index (χ3v) is 1.47. The van der Waals surface area contributed by atoms with Crippen LogP contribution in [-0.2, 0) is 0 Å². The molecule has 1 aromatic rings. The first kappa shape index (κ1) is 6.93. The van der Waals surface area contributed by atoms with Crippen LogP contribution in [0.3, 0.4) is 0 Å². The largest absolute Gasteiger partial charge is 0.386 e. The molecule has 0 fully saturated rings. The molecule has 0 aromatic heterocycles. The Kier molecular flexibility index (Phi) is 2.15. The quantitative estimate of drug-likeness (QED) is 0.647. The van der Waals surface area contributed by atoms with Crippen molar-refractivity contribution < 1.29 is 0 Å². The molecule has 0 aliphatic carbocycles. The van der Waals surface area contributed by atoms with Gasteiger partial charge in [-0.25, -0.2) is 0 Å². The standard InChI is InChI=1S/C8H12N2/c1-9-7-5-3-4-6-8(7)10-2/h3-6,9-10H,1-2H3.